The van der Waals surface area contributed by atoms with E-state index in [9.17, 15) is 0 Å². The Morgan fingerprint density at radius 3 is 2.58 bits per heavy atom. The molecule has 1 aliphatic heterocycles. The van der Waals surface area contributed by atoms with Crippen LogP contribution in [0.15, 0.2) is 12.3 Å². The zero-order valence-corrected chi connectivity index (χ0v) is 10.7. The number of aromatic nitrogens is 5. The number of aryl methyl sites for hydroxylation is 1. The number of hydrogen-bond acceptors (Lipinski definition) is 7. The monoisotopic (exact) mass is 261 g/mol. The number of anilines is 2. The quantitative estimate of drug-likeness (QED) is 0.798. The van der Waals surface area contributed by atoms with Crippen molar-refractivity contribution >= 4 is 11.9 Å². The Morgan fingerprint density at radius 1 is 1.16 bits per heavy atom. The van der Waals surface area contributed by atoms with Gasteiger partial charge >= 0.3 is 0 Å². The van der Waals surface area contributed by atoms with Crippen molar-refractivity contribution in [3.8, 4) is 5.95 Å². The highest BCUT2D eigenvalue weighted by molar-refractivity contribution is 5.38. The van der Waals surface area contributed by atoms with Crippen LogP contribution >= 0.6 is 0 Å². The van der Waals surface area contributed by atoms with Gasteiger partial charge in [-0.2, -0.15) is 20.1 Å². The molecule has 0 aliphatic carbocycles. The van der Waals surface area contributed by atoms with Crippen molar-refractivity contribution in [1.29, 1.82) is 0 Å². The molecule has 2 N–H and O–H groups in total. The second kappa shape index (κ2) is 4.81. The van der Waals surface area contributed by atoms with Gasteiger partial charge in [0.1, 0.15) is 0 Å². The summed E-state index contributed by atoms with van der Waals surface area (Å²) in [5.74, 6) is 1.20. The van der Waals surface area contributed by atoms with Gasteiger partial charge in [-0.3, -0.25) is 0 Å². The number of hydrogen-bond donors (Lipinski definition) is 1. The fourth-order valence-corrected chi connectivity index (χ4v) is 1.90. The summed E-state index contributed by atoms with van der Waals surface area (Å²) in [4.78, 5) is 14.7. The average Bonchev–Trinajstić information content (AvgIpc) is 2.86. The second-order valence-electron chi connectivity index (χ2n) is 4.29. The smallest absolute Gasteiger partial charge is 0.257 e. The van der Waals surface area contributed by atoms with E-state index in [0.717, 1.165) is 18.8 Å². The van der Waals surface area contributed by atoms with Crippen LogP contribution in [0.3, 0.4) is 0 Å². The summed E-state index contributed by atoms with van der Waals surface area (Å²) in [6.07, 6.45) is 1.80. The highest BCUT2D eigenvalue weighted by Crippen LogP contribution is 2.13. The first-order chi connectivity index (χ1) is 9.22. The van der Waals surface area contributed by atoms with Crippen molar-refractivity contribution in [2.45, 2.75) is 6.92 Å². The van der Waals surface area contributed by atoms with E-state index in [0.29, 0.717) is 25.1 Å². The van der Waals surface area contributed by atoms with Gasteiger partial charge in [-0.15, -0.1) is 0 Å². The number of morpholine rings is 1. The van der Waals surface area contributed by atoms with E-state index in [-0.39, 0.29) is 5.95 Å². The summed E-state index contributed by atoms with van der Waals surface area (Å²) in [6, 6.07) is 1.88. The highest BCUT2D eigenvalue weighted by atomic mass is 16.5. The molecule has 0 spiro atoms. The minimum atomic E-state index is 0.194. The molecule has 0 atom stereocenters. The van der Waals surface area contributed by atoms with E-state index in [1.54, 1.807) is 10.9 Å². The number of rotatable bonds is 2. The molecule has 100 valence electrons. The van der Waals surface area contributed by atoms with Crippen LogP contribution in [0.4, 0.5) is 11.9 Å². The zero-order valence-electron chi connectivity index (χ0n) is 10.7. The molecule has 3 rings (SSSR count). The first kappa shape index (κ1) is 11.8. The van der Waals surface area contributed by atoms with Gasteiger partial charge in [0.15, 0.2) is 0 Å². The summed E-state index contributed by atoms with van der Waals surface area (Å²) >= 11 is 0. The van der Waals surface area contributed by atoms with Crippen molar-refractivity contribution in [2.75, 3.05) is 36.9 Å². The lowest BCUT2D eigenvalue weighted by atomic mass is 10.4. The lowest BCUT2D eigenvalue weighted by Gasteiger charge is -2.26. The molecule has 8 heteroatoms. The molecule has 0 amide bonds. The van der Waals surface area contributed by atoms with Gasteiger partial charge < -0.3 is 15.4 Å². The molecule has 3 heterocycles. The lowest BCUT2D eigenvalue weighted by Crippen LogP contribution is -2.37. The van der Waals surface area contributed by atoms with Crippen LogP contribution in [-0.4, -0.2) is 51.0 Å². The van der Waals surface area contributed by atoms with Gasteiger partial charge in [0.25, 0.3) is 5.95 Å². The Balaban J connectivity index is 1.95. The number of nitrogens with zero attached hydrogens (tertiary/aromatic N) is 6. The summed E-state index contributed by atoms with van der Waals surface area (Å²) < 4.78 is 6.90. The molecular formula is C11H15N7O. The van der Waals surface area contributed by atoms with E-state index in [1.807, 2.05) is 17.9 Å². The molecule has 0 aromatic carbocycles. The Hall–Kier alpha value is -2.22. The van der Waals surface area contributed by atoms with Crippen molar-refractivity contribution in [1.82, 2.24) is 24.7 Å². The normalized spacial score (nSPS) is 15.7. The van der Waals surface area contributed by atoms with E-state index >= 15 is 0 Å². The minimum absolute atomic E-state index is 0.194. The van der Waals surface area contributed by atoms with E-state index < -0.39 is 0 Å². The second-order valence-corrected chi connectivity index (χ2v) is 4.29. The molecule has 0 saturated carbocycles. The fourth-order valence-electron chi connectivity index (χ4n) is 1.90. The highest BCUT2D eigenvalue weighted by Gasteiger charge is 2.16. The number of nitrogens with two attached hydrogens (primary N) is 1. The van der Waals surface area contributed by atoms with Gasteiger partial charge in [-0.05, 0) is 13.0 Å². The Labute approximate surface area is 110 Å². The van der Waals surface area contributed by atoms with Crippen LogP contribution in [-0.2, 0) is 4.74 Å². The summed E-state index contributed by atoms with van der Waals surface area (Å²) in [5.41, 5.74) is 6.64. The van der Waals surface area contributed by atoms with Crippen LogP contribution in [0.2, 0.25) is 0 Å². The zero-order chi connectivity index (χ0) is 13.2. The van der Waals surface area contributed by atoms with Crippen molar-refractivity contribution < 1.29 is 4.74 Å². The Kier molecular flexibility index (Phi) is 3.00. The number of nitrogen functional groups attached to an aromatic ring is 1. The van der Waals surface area contributed by atoms with Gasteiger partial charge in [-0.1, -0.05) is 0 Å². The Morgan fingerprint density at radius 2 is 1.89 bits per heavy atom. The van der Waals surface area contributed by atoms with E-state index in [4.69, 9.17) is 10.5 Å². The molecule has 2 aromatic heterocycles. The fraction of sp³-hybridized carbons (Fsp3) is 0.455. The maximum atomic E-state index is 5.75. The van der Waals surface area contributed by atoms with Gasteiger partial charge in [-0.25, -0.2) is 4.68 Å². The van der Waals surface area contributed by atoms with Crippen LogP contribution < -0.4 is 10.6 Å². The van der Waals surface area contributed by atoms with Gasteiger partial charge in [0.05, 0.1) is 18.9 Å². The summed E-state index contributed by atoms with van der Waals surface area (Å²) in [6.45, 7) is 4.75. The van der Waals surface area contributed by atoms with Crippen molar-refractivity contribution in [3.05, 3.63) is 18.0 Å². The molecule has 1 fully saturated rings. The lowest BCUT2D eigenvalue weighted by molar-refractivity contribution is 0.122. The van der Waals surface area contributed by atoms with Crippen LogP contribution in [0.25, 0.3) is 5.95 Å². The molecule has 1 aliphatic rings. The predicted octanol–water partition coefficient (Wildman–Crippen LogP) is -0.215. The molecule has 0 unspecified atom stereocenters. The SMILES string of the molecule is Cc1ccn(-c2nc(N)nc(N3CCOCC3)n2)n1. The molecule has 0 radical (unpaired) electrons. The first-order valence-corrected chi connectivity index (χ1v) is 6.09. The molecule has 2 aromatic rings. The Bertz CT molecular complexity index is 576. The first-order valence-electron chi connectivity index (χ1n) is 6.09. The molecule has 0 bridgehead atoms. The third-order valence-corrected chi connectivity index (χ3v) is 2.85. The molecule has 1 saturated heterocycles. The molecule has 19 heavy (non-hydrogen) atoms. The predicted molar refractivity (Wildman–Crippen MR) is 69.1 cm³/mol. The number of ether oxygens (including phenoxy) is 1. The van der Waals surface area contributed by atoms with Crippen molar-refractivity contribution in [2.24, 2.45) is 0 Å². The van der Waals surface area contributed by atoms with Gasteiger partial charge in [0.2, 0.25) is 11.9 Å². The topological polar surface area (TPSA) is 95.0 Å². The molecule has 8 nitrogen and oxygen atoms in total. The summed E-state index contributed by atoms with van der Waals surface area (Å²) in [7, 11) is 0. The summed E-state index contributed by atoms with van der Waals surface area (Å²) in [5, 5.41) is 4.27. The minimum Gasteiger partial charge on any atom is -0.378 e. The third kappa shape index (κ3) is 2.48. The standard InChI is InChI=1S/C11H15N7O/c1-8-2-3-18(16-8)11-14-9(12)13-10(15-11)17-4-6-19-7-5-17/h2-3H,4-7H2,1H3,(H2,12,13,14,15). The van der Waals surface area contributed by atoms with Crippen LogP contribution in [0.1, 0.15) is 5.69 Å². The van der Waals surface area contributed by atoms with Crippen LogP contribution in [0.5, 0.6) is 0 Å². The average molecular weight is 261 g/mol. The third-order valence-electron chi connectivity index (χ3n) is 2.85. The van der Waals surface area contributed by atoms with Gasteiger partial charge in [0, 0.05) is 19.3 Å². The van der Waals surface area contributed by atoms with Crippen molar-refractivity contribution in [3.63, 3.8) is 0 Å². The maximum Gasteiger partial charge on any atom is 0.257 e. The largest absolute Gasteiger partial charge is 0.378 e. The van der Waals surface area contributed by atoms with E-state index in [1.165, 1.54) is 0 Å². The molecular weight excluding hydrogens is 246 g/mol. The maximum absolute atomic E-state index is 5.75. The van der Waals surface area contributed by atoms with E-state index in [2.05, 4.69) is 20.1 Å². The van der Waals surface area contributed by atoms with Crippen LogP contribution in [0, 0.1) is 6.92 Å².